The fourth-order valence-electron chi connectivity index (χ4n) is 18.6. The Morgan fingerprint density at radius 2 is 0.477 bits per heavy atom. The number of fused-ring (bicyclic) bond motifs is 3. The van der Waals surface area contributed by atoms with Gasteiger partial charge in [-0.05, 0) is 205 Å². The number of pyridine rings is 3. The molecular formula is C134H145N6O3Pt3S3-3. The van der Waals surface area contributed by atoms with Crippen molar-refractivity contribution in [3.63, 3.8) is 0 Å². The van der Waals surface area contributed by atoms with E-state index in [-0.39, 0.29) is 140 Å². The molecule has 0 saturated heterocycles. The molecule has 15 heteroatoms. The van der Waals surface area contributed by atoms with Crippen LogP contribution in [0.1, 0.15) is 290 Å². The summed E-state index contributed by atoms with van der Waals surface area (Å²) in [7, 11) is 0. The van der Waals surface area contributed by atoms with Crippen LogP contribution in [0.25, 0.3) is 163 Å². The van der Waals surface area contributed by atoms with Gasteiger partial charge in [-0.1, -0.05) is 401 Å². The molecule has 0 bridgehead atoms. The Morgan fingerprint density at radius 3 is 0.812 bits per heavy atom. The van der Waals surface area contributed by atoms with Gasteiger partial charge in [0.15, 0.2) is 0 Å². The van der Waals surface area contributed by atoms with E-state index in [1.165, 1.54) is 77.9 Å². The van der Waals surface area contributed by atoms with Gasteiger partial charge in [-0.3, -0.25) is 15.0 Å². The number of nitrogens with zero attached hydrogens (tertiary/aromatic N) is 6. The van der Waals surface area contributed by atoms with Gasteiger partial charge in [0.05, 0.1) is 33.2 Å². The number of hydrogen-bond donors (Lipinski definition) is 3. The first-order valence-electron chi connectivity index (χ1n) is 51.3. The summed E-state index contributed by atoms with van der Waals surface area (Å²) in [5, 5.41) is 34.3. The normalized spacial score (nSPS) is 12.5. The number of hydrogen-bond acceptors (Lipinski definition) is 12. The van der Waals surface area contributed by atoms with Crippen LogP contribution in [0.5, 0.6) is 17.2 Å². The van der Waals surface area contributed by atoms with Gasteiger partial charge in [-0.15, -0.1) is 121 Å². The zero-order valence-electron chi connectivity index (χ0n) is 93.0. The van der Waals surface area contributed by atoms with E-state index in [0.717, 1.165) is 146 Å². The maximum atomic E-state index is 10.8. The first-order chi connectivity index (χ1) is 68.0. The fourth-order valence-corrected chi connectivity index (χ4v) is 21.7. The number of aromatic hydroxyl groups is 3. The molecule has 18 rings (SSSR count). The number of para-hydroxylation sites is 5. The Balaban J connectivity index is 0.000000186. The average molecular weight is 2570 g/mol. The van der Waals surface area contributed by atoms with E-state index < -0.39 is 0 Å². The Kier molecular flexibility index (Phi) is 33.6. The van der Waals surface area contributed by atoms with Gasteiger partial charge in [-0.2, -0.15) is 0 Å². The summed E-state index contributed by atoms with van der Waals surface area (Å²) in [6.07, 6.45) is 5.80. The first-order valence-corrected chi connectivity index (χ1v) is 53.7. The molecule has 18 aromatic rings. The molecule has 780 valence electrons. The SMILES string of the molecule is CC(C)(C)c1cc(-c2ccnc(-c3[c-]c(-c4cc(C(C)(C)C)cc5sc(-c6ccccc6O)nc45)c(C(C)(C)C)cc3C(C)(C)C)c2)cc(C(C)(C)C)c1.CC(C)(C)c1cc(-c2ccnc(-c3[c-]c(-c4cccc5sc(-c6ccccc6O)nc45)c(C(C)(C)C)cc3C(C)(C)C)c2)cc(C(C)(C)C)c1.CC(C)(C)c1cc(-c2ccnc(-c3[c-]c(-c4cccc5sc(-c6ccccc6O)nc45)ccc3)c2)cc(C(C)(C)C)c1.[Pt].[Pt].[Pt]. The van der Waals surface area contributed by atoms with Gasteiger partial charge in [-0.25, -0.2) is 15.0 Å². The summed E-state index contributed by atoms with van der Waals surface area (Å²) < 4.78 is 3.24. The molecule has 0 radical (unpaired) electrons. The number of benzene rings is 12. The summed E-state index contributed by atoms with van der Waals surface area (Å²) in [5.74, 6) is 0.710. The van der Waals surface area contributed by atoms with Crippen LogP contribution in [0.15, 0.2) is 261 Å². The topological polar surface area (TPSA) is 138 Å². The quantitative estimate of drug-likeness (QED) is 0.102. The molecule has 0 aliphatic rings. The van der Waals surface area contributed by atoms with Crippen LogP contribution in [0.2, 0.25) is 0 Å². The van der Waals surface area contributed by atoms with Gasteiger partial charge in [0.1, 0.15) is 32.3 Å². The third kappa shape index (κ3) is 25.7. The van der Waals surface area contributed by atoms with Crippen LogP contribution in [0, 0.1) is 18.2 Å². The van der Waals surface area contributed by atoms with Crippen LogP contribution in [0.4, 0.5) is 0 Å². The van der Waals surface area contributed by atoms with Crippen molar-refractivity contribution in [2.24, 2.45) is 0 Å². The molecule has 0 amide bonds. The molecule has 0 aliphatic carbocycles. The third-order valence-electron chi connectivity index (χ3n) is 27.7. The van der Waals surface area contributed by atoms with Crippen LogP contribution < -0.4 is 0 Å². The minimum Gasteiger partial charge on any atom is -0.507 e. The maximum Gasteiger partial charge on any atom is 0.127 e. The van der Waals surface area contributed by atoms with Gasteiger partial charge < -0.3 is 15.3 Å². The summed E-state index contributed by atoms with van der Waals surface area (Å²) in [6, 6.07) is 96.4. The molecule has 0 atom stereocenters. The van der Waals surface area contributed by atoms with E-state index in [2.05, 4.69) is 417 Å². The summed E-state index contributed by atoms with van der Waals surface area (Å²) in [5.41, 5.74) is 37.4. The van der Waals surface area contributed by atoms with Crippen molar-refractivity contribution in [2.75, 3.05) is 0 Å². The largest absolute Gasteiger partial charge is 0.507 e. The van der Waals surface area contributed by atoms with Crippen molar-refractivity contribution in [1.82, 2.24) is 29.9 Å². The van der Waals surface area contributed by atoms with Crippen LogP contribution >= 0.6 is 34.0 Å². The van der Waals surface area contributed by atoms with Crippen molar-refractivity contribution in [2.45, 2.75) is 288 Å². The molecule has 0 saturated carbocycles. The van der Waals surface area contributed by atoms with Crippen LogP contribution in [0.3, 0.4) is 0 Å². The molecular weight excluding hydrogens is 2420 g/mol. The van der Waals surface area contributed by atoms with Crippen molar-refractivity contribution >= 4 is 64.7 Å². The number of thiazole rings is 3. The summed E-state index contributed by atoms with van der Waals surface area (Å²) in [6.45, 7) is 75.2. The van der Waals surface area contributed by atoms with E-state index in [9.17, 15) is 15.3 Å². The molecule has 0 spiro atoms. The van der Waals surface area contributed by atoms with Gasteiger partial charge in [0.2, 0.25) is 0 Å². The molecule has 0 unspecified atom stereocenters. The molecule has 6 aromatic heterocycles. The van der Waals surface area contributed by atoms with E-state index in [1.807, 2.05) is 73.2 Å². The van der Waals surface area contributed by atoms with Gasteiger partial charge >= 0.3 is 0 Å². The van der Waals surface area contributed by atoms with Crippen molar-refractivity contribution < 1.29 is 78.5 Å². The molecule has 0 fully saturated rings. The zero-order chi connectivity index (χ0) is 106. The second-order valence-electron chi connectivity index (χ2n) is 50.9. The van der Waals surface area contributed by atoms with Crippen molar-refractivity contribution in [3.05, 3.63) is 341 Å². The molecule has 6 heterocycles. The number of rotatable bonds is 12. The van der Waals surface area contributed by atoms with E-state index in [1.54, 1.807) is 52.2 Å². The fraction of sp³-hybridized carbons (Fsp3) is 0.328. The van der Waals surface area contributed by atoms with Gasteiger partial charge in [0.25, 0.3) is 0 Å². The number of aromatic nitrogens is 6. The first kappa shape index (κ1) is 115. The molecule has 12 aromatic carbocycles. The summed E-state index contributed by atoms with van der Waals surface area (Å²) in [4.78, 5) is 30.2. The van der Waals surface area contributed by atoms with E-state index >= 15 is 0 Å². The predicted octanol–water partition coefficient (Wildman–Crippen LogP) is 37.9. The van der Waals surface area contributed by atoms with Crippen LogP contribution in [-0.4, -0.2) is 45.2 Å². The Labute approximate surface area is 942 Å². The monoisotopic (exact) mass is 2570 g/mol. The van der Waals surface area contributed by atoms with Crippen LogP contribution in [-0.2, 0) is 123 Å². The van der Waals surface area contributed by atoms with E-state index in [0.29, 0.717) is 0 Å². The van der Waals surface area contributed by atoms with Crippen molar-refractivity contribution in [1.29, 1.82) is 0 Å². The molecule has 149 heavy (non-hydrogen) atoms. The Bertz CT molecular complexity index is 7900. The molecule has 0 aliphatic heterocycles. The number of phenols is 3. The Hall–Kier alpha value is -10.8. The summed E-state index contributed by atoms with van der Waals surface area (Å²) >= 11 is 4.82. The molecule has 9 nitrogen and oxygen atoms in total. The second-order valence-corrected chi connectivity index (χ2v) is 54.0. The predicted molar refractivity (Wildman–Crippen MR) is 625 cm³/mol. The van der Waals surface area contributed by atoms with Gasteiger partial charge in [0, 0.05) is 113 Å². The molecule has 3 N–H and O–H groups in total. The maximum absolute atomic E-state index is 10.8. The Morgan fingerprint density at radius 1 is 0.208 bits per heavy atom. The standard InChI is InChI=1S/C50H59N2OS.C46H51N2OS.C38H35N2OS.3Pt/c1-46(2,3)32-22-31(23-33(25-32)47(4,5)6)30-20-21-51-41(24-30)38-28-36(39(49(10,11)12)29-40(38)50(13,14)15)37-26-34(48(7,8)9)27-43-44(37)52-45(54-43)35-18-16-17-19-42(35)53;1-43(2,3)30-22-29(23-31(25-30)44(4,5)6)28-20-21-47-38(24-28)35-26-34(36(45(7,8)9)27-37(35)46(10,11)12)32-17-15-19-40-41(32)48-42(50-40)33-16-13-14-18-39(33)49;1-37(2,3)28-20-27(21-29(23-28)38(4,5)6)24-17-18-39-32(22-24)26-12-9-11-25(19-26)30-14-10-16-34-35(30)40-36(42-34)31-13-7-8-15-33(31)41;;;/h16-27,29,53H,1-15H3;13-25,27,49H,1-12H3;7-18,20-23,41H,1-6H3;;;/q3*-1;;;. The van der Waals surface area contributed by atoms with Crippen molar-refractivity contribution in [3.8, 4) is 149 Å². The minimum atomic E-state index is -0.184. The number of phenolic OH excluding ortho intramolecular Hbond substituents is 3. The smallest absolute Gasteiger partial charge is 0.127 e. The average Bonchev–Trinajstić information content (AvgIpc) is 1.68. The zero-order valence-corrected chi connectivity index (χ0v) is 102. The second kappa shape index (κ2) is 43.4. The minimum absolute atomic E-state index is 0. The third-order valence-corrected chi connectivity index (χ3v) is 30.8. The van der Waals surface area contributed by atoms with E-state index in [4.69, 9.17) is 29.9 Å².